The molecule has 142 valence electrons. The first kappa shape index (κ1) is 18.0. The second-order valence-corrected chi connectivity index (χ2v) is 8.98. The normalized spacial score (nSPS) is 20.7. The molecule has 1 amide bonds. The molecule has 2 aliphatic rings. The molecule has 0 unspecified atom stereocenters. The number of nitrogens with one attached hydrogen (secondary N) is 1. The molecule has 1 saturated carbocycles. The lowest BCUT2D eigenvalue weighted by Crippen LogP contribution is -2.30. The maximum atomic E-state index is 14.7. The van der Waals surface area contributed by atoms with Gasteiger partial charge < -0.3 is 10.2 Å². The van der Waals surface area contributed by atoms with Gasteiger partial charge in [0.05, 0.1) is 11.4 Å². The number of hydrogen-bond donors (Lipinski definition) is 1. The van der Waals surface area contributed by atoms with Crippen molar-refractivity contribution < 1.29 is 9.18 Å². The van der Waals surface area contributed by atoms with Gasteiger partial charge in [0.15, 0.2) is 11.6 Å². The van der Waals surface area contributed by atoms with Gasteiger partial charge in [0.25, 0.3) is 0 Å². The van der Waals surface area contributed by atoms with Crippen LogP contribution >= 0.6 is 0 Å². The number of pyridine rings is 1. The molecule has 0 bridgehead atoms. The molecular formula is C22H26FN3O. The van der Waals surface area contributed by atoms with Crippen LogP contribution in [0.4, 0.5) is 15.9 Å². The maximum absolute atomic E-state index is 14.7. The Balaban J connectivity index is 1.59. The Morgan fingerprint density at radius 1 is 1.30 bits per heavy atom. The van der Waals surface area contributed by atoms with E-state index < -0.39 is 5.82 Å². The number of nitrogens with zero attached hydrogens (tertiary/aromatic N) is 2. The number of aromatic nitrogens is 1. The van der Waals surface area contributed by atoms with E-state index >= 15 is 0 Å². The van der Waals surface area contributed by atoms with Gasteiger partial charge >= 0.3 is 0 Å². The van der Waals surface area contributed by atoms with Crippen molar-refractivity contribution in [3.05, 3.63) is 53.5 Å². The topological polar surface area (TPSA) is 45.2 Å². The standard InChI is InChI=1S/C22H26FN3O/c1-22(2,3)11-19(27)24-21-17(23)10-18-20(25-21)16-9-15(16)13-26(18)12-14-7-5-4-6-8-14/h4-8,10,15-16H,9,11-13H2,1-3H3,(H,24,25,27)/t15-,16-/m0/s1. The number of halogens is 1. The molecule has 1 aromatic heterocycles. The third-order valence-electron chi connectivity index (χ3n) is 5.22. The Bertz CT molecular complexity index is 860. The molecule has 1 aromatic carbocycles. The molecule has 0 spiro atoms. The molecule has 1 N–H and O–H groups in total. The quantitative estimate of drug-likeness (QED) is 0.850. The van der Waals surface area contributed by atoms with Gasteiger partial charge in [0.2, 0.25) is 5.91 Å². The Kier molecular flexibility index (Phi) is 4.41. The first-order valence-corrected chi connectivity index (χ1v) is 9.59. The van der Waals surface area contributed by atoms with Crippen LogP contribution < -0.4 is 10.2 Å². The molecule has 0 radical (unpaired) electrons. The number of benzene rings is 1. The summed E-state index contributed by atoms with van der Waals surface area (Å²) in [6.07, 6.45) is 1.42. The second-order valence-electron chi connectivity index (χ2n) is 8.98. The van der Waals surface area contributed by atoms with Crippen LogP contribution in [-0.2, 0) is 11.3 Å². The summed E-state index contributed by atoms with van der Waals surface area (Å²) in [6.45, 7) is 7.63. The molecule has 4 rings (SSSR count). The summed E-state index contributed by atoms with van der Waals surface area (Å²) < 4.78 is 14.7. The lowest BCUT2D eigenvalue weighted by Gasteiger charge is -2.31. The van der Waals surface area contributed by atoms with E-state index in [0.717, 1.165) is 30.9 Å². The van der Waals surface area contributed by atoms with Crippen molar-refractivity contribution in [1.82, 2.24) is 4.98 Å². The van der Waals surface area contributed by atoms with E-state index in [1.165, 1.54) is 5.56 Å². The molecule has 5 heteroatoms. The molecule has 2 atom stereocenters. The highest BCUT2D eigenvalue weighted by Gasteiger charge is 2.46. The number of amides is 1. The average molecular weight is 367 g/mol. The molecule has 2 heterocycles. The fourth-order valence-corrected chi connectivity index (χ4v) is 3.88. The SMILES string of the molecule is CC(C)(C)CC(=O)Nc1nc2c(cc1F)N(Cc1ccccc1)C[C@@H]1C[C@H]21. The van der Waals surface area contributed by atoms with Gasteiger partial charge in [-0.1, -0.05) is 51.1 Å². The van der Waals surface area contributed by atoms with E-state index in [9.17, 15) is 9.18 Å². The van der Waals surface area contributed by atoms with E-state index in [0.29, 0.717) is 18.3 Å². The van der Waals surface area contributed by atoms with Gasteiger partial charge in [-0.15, -0.1) is 0 Å². The molecule has 4 nitrogen and oxygen atoms in total. The summed E-state index contributed by atoms with van der Waals surface area (Å²) in [4.78, 5) is 19.0. The third kappa shape index (κ3) is 3.97. The highest BCUT2D eigenvalue weighted by Crippen LogP contribution is 2.54. The van der Waals surface area contributed by atoms with E-state index in [2.05, 4.69) is 27.3 Å². The van der Waals surface area contributed by atoms with Gasteiger partial charge in [0.1, 0.15) is 0 Å². The van der Waals surface area contributed by atoms with E-state index in [-0.39, 0.29) is 17.1 Å². The van der Waals surface area contributed by atoms with Crippen LogP contribution in [0.2, 0.25) is 0 Å². The molecule has 1 fully saturated rings. The smallest absolute Gasteiger partial charge is 0.226 e. The fourth-order valence-electron chi connectivity index (χ4n) is 3.88. The van der Waals surface area contributed by atoms with Crippen LogP contribution in [-0.4, -0.2) is 17.4 Å². The number of carbonyl (C=O) groups excluding carboxylic acids is 1. The lowest BCUT2D eigenvalue weighted by molar-refractivity contribution is -0.117. The van der Waals surface area contributed by atoms with Crippen LogP contribution in [0.15, 0.2) is 36.4 Å². The number of hydrogen-bond acceptors (Lipinski definition) is 3. The highest BCUT2D eigenvalue weighted by molar-refractivity contribution is 5.90. The van der Waals surface area contributed by atoms with Gasteiger partial charge in [0, 0.05) is 31.5 Å². The summed E-state index contributed by atoms with van der Waals surface area (Å²) in [6, 6.07) is 11.8. The van der Waals surface area contributed by atoms with Crippen LogP contribution in [0, 0.1) is 17.2 Å². The van der Waals surface area contributed by atoms with Crippen molar-refractivity contribution in [2.24, 2.45) is 11.3 Å². The zero-order chi connectivity index (χ0) is 19.2. The van der Waals surface area contributed by atoms with Crippen molar-refractivity contribution in [2.45, 2.75) is 46.1 Å². The monoisotopic (exact) mass is 367 g/mol. The molecule has 0 saturated heterocycles. The summed E-state index contributed by atoms with van der Waals surface area (Å²) >= 11 is 0. The van der Waals surface area contributed by atoms with Crippen molar-refractivity contribution in [3.8, 4) is 0 Å². The summed E-state index contributed by atoms with van der Waals surface area (Å²) in [5.74, 6) is 0.379. The third-order valence-corrected chi connectivity index (χ3v) is 5.22. The zero-order valence-electron chi connectivity index (χ0n) is 16.1. The predicted molar refractivity (Wildman–Crippen MR) is 105 cm³/mol. The van der Waals surface area contributed by atoms with E-state index in [1.54, 1.807) is 6.07 Å². The Labute approximate surface area is 159 Å². The number of carbonyl (C=O) groups is 1. The van der Waals surface area contributed by atoms with Gasteiger partial charge in [-0.2, -0.15) is 0 Å². The summed E-state index contributed by atoms with van der Waals surface area (Å²) in [5.41, 5.74) is 2.84. The summed E-state index contributed by atoms with van der Waals surface area (Å²) in [5, 5.41) is 2.68. The minimum atomic E-state index is -0.465. The Morgan fingerprint density at radius 2 is 2.04 bits per heavy atom. The molecule has 2 aromatic rings. The molecule has 1 aliphatic heterocycles. The molecule has 1 aliphatic carbocycles. The first-order valence-electron chi connectivity index (χ1n) is 9.59. The molecule has 27 heavy (non-hydrogen) atoms. The number of fused-ring (bicyclic) bond motifs is 3. The van der Waals surface area contributed by atoms with Gasteiger partial charge in [-0.05, 0) is 23.3 Å². The number of anilines is 2. The van der Waals surface area contributed by atoms with Crippen molar-refractivity contribution in [3.63, 3.8) is 0 Å². The average Bonchev–Trinajstić information content (AvgIpc) is 3.35. The van der Waals surface area contributed by atoms with Crippen molar-refractivity contribution in [1.29, 1.82) is 0 Å². The second kappa shape index (κ2) is 6.63. The van der Waals surface area contributed by atoms with Crippen LogP contribution in [0.1, 0.15) is 50.8 Å². The van der Waals surface area contributed by atoms with E-state index in [1.807, 2.05) is 39.0 Å². The highest BCUT2D eigenvalue weighted by atomic mass is 19.1. The minimum Gasteiger partial charge on any atom is -0.365 e. The van der Waals surface area contributed by atoms with Crippen LogP contribution in [0.5, 0.6) is 0 Å². The summed E-state index contributed by atoms with van der Waals surface area (Å²) in [7, 11) is 0. The minimum absolute atomic E-state index is 0.0650. The zero-order valence-corrected chi connectivity index (χ0v) is 16.1. The fraction of sp³-hybridized carbons (Fsp3) is 0.455. The Hall–Kier alpha value is -2.43. The van der Waals surface area contributed by atoms with Crippen molar-refractivity contribution in [2.75, 3.05) is 16.8 Å². The predicted octanol–water partition coefficient (Wildman–Crippen LogP) is 4.72. The van der Waals surface area contributed by atoms with Crippen LogP contribution in [0.3, 0.4) is 0 Å². The number of rotatable bonds is 4. The van der Waals surface area contributed by atoms with Crippen LogP contribution in [0.25, 0.3) is 0 Å². The maximum Gasteiger partial charge on any atom is 0.226 e. The first-order chi connectivity index (χ1) is 12.8. The molecular weight excluding hydrogens is 341 g/mol. The largest absolute Gasteiger partial charge is 0.365 e. The van der Waals surface area contributed by atoms with Gasteiger partial charge in [-0.3, -0.25) is 4.79 Å². The lowest BCUT2D eigenvalue weighted by atomic mass is 9.92. The Morgan fingerprint density at radius 3 is 2.74 bits per heavy atom. The van der Waals surface area contributed by atoms with Crippen molar-refractivity contribution >= 4 is 17.4 Å². The van der Waals surface area contributed by atoms with E-state index in [4.69, 9.17) is 0 Å². The van der Waals surface area contributed by atoms with Gasteiger partial charge in [-0.25, -0.2) is 9.37 Å².